The van der Waals surface area contributed by atoms with Crippen molar-refractivity contribution in [3.05, 3.63) is 29.8 Å². The van der Waals surface area contributed by atoms with Crippen LogP contribution in [0.5, 0.6) is 5.75 Å². The second-order valence-electron chi connectivity index (χ2n) is 1.64. The van der Waals surface area contributed by atoms with Gasteiger partial charge in [-0.1, -0.05) is 18.2 Å². The summed E-state index contributed by atoms with van der Waals surface area (Å²) in [4.78, 5) is 0. The van der Waals surface area contributed by atoms with Crippen LogP contribution < -0.4 is 74.0 Å². The molecule has 0 aromatic heterocycles. The van der Waals surface area contributed by atoms with E-state index in [1.165, 1.54) is 12.1 Å². The number of hydrogen-bond acceptors (Lipinski definition) is 2. The first kappa shape index (κ1) is 10.6. The Kier molecular flexibility index (Phi) is 5.54. The van der Waals surface area contributed by atoms with Crippen molar-refractivity contribution >= 4 is 0 Å². The Hall–Kier alpha value is 0.562. The fourth-order valence-corrected chi connectivity index (χ4v) is 0.566. The molecule has 0 bridgehead atoms. The van der Waals surface area contributed by atoms with Crippen LogP contribution in [0.3, 0.4) is 0 Å². The number of benzene rings is 1. The molecule has 1 aromatic rings. The molecule has 0 aliphatic carbocycles. The predicted molar refractivity (Wildman–Crippen MR) is 30.6 cm³/mol. The topological polar surface area (TPSA) is 46.8 Å². The van der Waals surface area contributed by atoms with Crippen molar-refractivity contribution in [3.8, 4) is 11.8 Å². The van der Waals surface area contributed by atoms with Crippen molar-refractivity contribution in [2.24, 2.45) is 0 Å². The third-order valence-electron chi connectivity index (χ3n) is 0.963. The van der Waals surface area contributed by atoms with E-state index >= 15 is 0 Å². The summed E-state index contributed by atoms with van der Waals surface area (Å²) >= 11 is 0. The maximum Gasteiger partial charge on any atom is 1.00 e. The summed E-state index contributed by atoms with van der Waals surface area (Å²) in [7, 11) is 0. The maximum atomic E-state index is 10.5. The van der Waals surface area contributed by atoms with Gasteiger partial charge in [0, 0.05) is 0 Å². The van der Waals surface area contributed by atoms with Crippen LogP contribution in [0.4, 0.5) is 0 Å². The van der Waals surface area contributed by atoms with E-state index in [9.17, 15) is 5.11 Å². The summed E-state index contributed by atoms with van der Waals surface area (Å²) < 4.78 is 0. The van der Waals surface area contributed by atoms with E-state index in [0.717, 1.165) is 0 Å². The molecule has 0 spiro atoms. The van der Waals surface area contributed by atoms with Gasteiger partial charge in [0.1, 0.15) is 0 Å². The molecule has 0 N–H and O–H groups in total. The van der Waals surface area contributed by atoms with Gasteiger partial charge in [0.15, 0.2) is 0 Å². The molecule has 0 fully saturated rings. The van der Waals surface area contributed by atoms with Gasteiger partial charge in [0.25, 0.3) is 0 Å². The van der Waals surface area contributed by atoms with Gasteiger partial charge in [-0.15, -0.1) is 5.75 Å². The van der Waals surface area contributed by atoms with E-state index in [2.05, 4.69) is 0 Å². The fourth-order valence-electron chi connectivity index (χ4n) is 0.566. The largest absolute Gasteiger partial charge is 1.00 e. The molecule has 0 saturated heterocycles. The third-order valence-corrected chi connectivity index (χ3v) is 0.963. The van der Waals surface area contributed by atoms with E-state index in [1.807, 2.05) is 6.07 Å². The normalized spacial score (nSPS) is 7.50. The zero-order chi connectivity index (χ0) is 6.69. The minimum absolute atomic E-state index is 0. The molecule has 0 aliphatic heterocycles. The molecular formula is C7H4CsNO. The fraction of sp³-hybridized carbons (Fsp3) is 0. The molecule has 0 saturated carbocycles. The van der Waals surface area contributed by atoms with Crippen LogP contribution in [0.2, 0.25) is 0 Å². The Morgan fingerprint density at radius 1 is 1.40 bits per heavy atom. The summed E-state index contributed by atoms with van der Waals surface area (Å²) in [5.41, 5.74) is 0.419. The summed E-state index contributed by atoms with van der Waals surface area (Å²) in [6.07, 6.45) is 0. The van der Waals surface area contributed by atoms with Gasteiger partial charge in [-0.3, -0.25) is 0 Å². The first-order valence-corrected chi connectivity index (χ1v) is 2.50. The van der Waals surface area contributed by atoms with Gasteiger partial charge in [0.2, 0.25) is 0 Å². The van der Waals surface area contributed by atoms with Crippen LogP contribution in [-0.4, -0.2) is 0 Å². The second kappa shape index (κ2) is 5.24. The minimum Gasteiger partial charge on any atom is -0.872 e. The number of hydrogen-bond donors (Lipinski definition) is 0. The van der Waals surface area contributed by atoms with E-state index < -0.39 is 0 Å². The minimum atomic E-state index is -0.117. The first-order valence-electron chi connectivity index (χ1n) is 2.50. The second-order valence-corrected chi connectivity index (χ2v) is 1.64. The Labute approximate surface area is 118 Å². The summed E-state index contributed by atoms with van der Waals surface area (Å²) in [5.74, 6) is -0.117. The Bertz CT molecular complexity index is 254. The molecule has 1 rings (SSSR count). The summed E-state index contributed by atoms with van der Waals surface area (Å²) in [5, 5.41) is 18.8. The zero-order valence-corrected chi connectivity index (χ0v) is 11.9. The molecule has 0 amide bonds. The first-order chi connectivity index (χ1) is 4.33. The van der Waals surface area contributed by atoms with Gasteiger partial charge in [-0.05, 0) is 6.07 Å². The van der Waals surface area contributed by atoms with E-state index in [0.29, 0.717) is 5.56 Å². The molecule has 44 valence electrons. The molecule has 2 nitrogen and oxygen atoms in total. The molecule has 10 heavy (non-hydrogen) atoms. The molecule has 3 heteroatoms. The van der Waals surface area contributed by atoms with E-state index in [4.69, 9.17) is 5.26 Å². The SMILES string of the molecule is N#Cc1cccc([O-])c1.[Cs+]. The molecule has 0 aliphatic rings. The molecule has 0 unspecified atom stereocenters. The van der Waals surface area contributed by atoms with Gasteiger partial charge in [-0.25, -0.2) is 0 Å². The quantitative estimate of drug-likeness (QED) is 0.517. The van der Waals surface area contributed by atoms with Gasteiger partial charge < -0.3 is 5.11 Å². The van der Waals surface area contributed by atoms with Crippen molar-refractivity contribution in [3.63, 3.8) is 0 Å². The van der Waals surface area contributed by atoms with E-state index in [1.54, 1.807) is 12.1 Å². The molecule has 0 radical (unpaired) electrons. The Balaban J connectivity index is 0.000000810. The van der Waals surface area contributed by atoms with Crippen molar-refractivity contribution in [1.29, 1.82) is 5.26 Å². The van der Waals surface area contributed by atoms with Gasteiger partial charge in [0.05, 0.1) is 11.6 Å². The van der Waals surface area contributed by atoms with Crippen molar-refractivity contribution in [2.75, 3.05) is 0 Å². The summed E-state index contributed by atoms with van der Waals surface area (Å²) in [6, 6.07) is 7.76. The monoisotopic (exact) mass is 251 g/mol. The van der Waals surface area contributed by atoms with Crippen LogP contribution in [0, 0.1) is 11.3 Å². The van der Waals surface area contributed by atoms with Crippen molar-refractivity contribution in [1.82, 2.24) is 0 Å². The Morgan fingerprint density at radius 2 is 2.10 bits per heavy atom. The molecular weight excluding hydrogens is 247 g/mol. The van der Waals surface area contributed by atoms with Crippen LogP contribution in [0.25, 0.3) is 0 Å². The zero-order valence-electron chi connectivity index (χ0n) is 5.66. The molecule has 0 heterocycles. The van der Waals surface area contributed by atoms with Gasteiger partial charge >= 0.3 is 68.9 Å². The van der Waals surface area contributed by atoms with Crippen molar-refractivity contribution < 1.29 is 74.0 Å². The molecule has 0 atom stereocenters. The standard InChI is InChI=1S/C7H5NO.Cs/c8-5-6-2-1-3-7(9)4-6;/h1-4,9H;/q;+1/p-1. The van der Waals surface area contributed by atoms with Crippen LogP contribution in [0.1, 0.15) is 5.56 Å². The number of nitriles is 1. The van der Waals surface area contributed by atoms with Crippen LogP contribution in [0.15, 0.2) is 24.3 Å². The number of nitrogens with zero attached hydrogens (tertiary/aromatic N) is 1. The molecule has 1 aromatic carbocycles. The third kappa shape index (κ3) is 3.10. The average molecular weight is 251 g/mol. The smallest absolute Gasteiger partial charge is 0.872 e. The average Bonchev–Trinajstić information content (AvgIpc) is 1.88. The summed E-state index contributed by atoms with van der Waals surface area (Å²) in [6.45, 7) is 0. The maximum absolute atomic E-state index is 10.5. The predicted octanol–water partition coefficient (Wildman–Crippen LogP) is -2.36. The van der Waals surface area contributed by atoms with E-state index in [-0.39, 0.29) is 74.6 Å². The number of rotatable bonds is 0. The Morgan fingerprint density at radius 3 is 2.50 bits per heavy atom. The van der Waals surface area contributed by atoms with Gasteiger partial charge in [-0.2, -0.15) is 5.26 Å². The van der Waals surface area contributed by atoms with Crippen molar-refractivity contribution in [2.45, 2.75) is 0 Å². The van der Waals surface area contributed by atoms with Crippen LogP contribution in [-0.2, 0) is 0 Å². The van der Waals surface area contributed by atoms with Crippen LogP contribution >= 0.6 is 0 Å².